The molecule has 0 amide bonds. The molecule has 1 aromatic heterocycles. The molecule has 2 unspecified atom stereocenters. The van der Waals surface area contributed by atoms with Gasteiger partial charge >= 0.3 is 0 Å². The Hall–Kier alpha value is -1.31. The van der Waals surface area contributed by atoms with Gasteiger partial charge in [-0.3, -0.25) is 4.90 Å². The van der Waals surface area contributed by atoms with Crippen molar-refractivity contribution in [3.8, 4) is 6.07 Å². The summed E-state index contributed by atoms with van der Waals surface area (Å²) in [7, 11) is 0. The van der Waals surface area contributed by atoms with Gasteiger partial charge in [0.05, 0.1) is 18.9 Å². The summed E-state index contributed by atoms with van der Waals surface area (Å²) >= 11 is 0. The van der Waals surface area contributed by atoms with Gasteiger partial charge in [0.15, 0.2) is 0 Å². The maximum Gasteiger partial charge on any atom is 0.132 e. The lowest BCUT2D eigenvalue weighted by Gasteiger charge is -2.28. The van der Waals surface area contributed by atoms with Crippen molar-refractivity contribution in [1.82, 2.24) is 4.90 Å². The molecule has 2 atom stereocenters. The molecule has 0 radical (unpaired) electrons. The van der Waals surface area contributed by atoms with Gasteiger partial charge in [0.1, 0.15) is 11.9 Å². The maximum absolute atomic E-state index is 10.1. The Labute approximate surface area is 108 Å². The molecule has 18 heavy (non-hydrogen) atoms. The predicted octanol–water partition coefficient (Wildman–Crippen LogP) is 2.47. The van der Waals surface area contributed by atoms with Gasteiger partial charge in [-0.2, -0.15) is 5.26 Å². The summed E-state index contributed by atoms with van der Waals surface area (Å²) in [5.41, 5.74) is 0. The third-order valence-electron chi connectivity index (χ3n) is 3.64. The van der Waals surface area contributed by atoms with Crippen molar-refractivity contribution < 1.29 is 9.52 Å². The molecule has 0 spiro atoms. The average molecular weight is 248 g/mol. The van der Waals surface area contributed by atoms with E-state index in [4.69, 9.17) is 9.68 Å². The molecule has 1 aromatic rings. The van der Waals surface area contributed by atoms with Crippen LogP contribution < -0.4 is 0 Å². The highest BCUT2D eigenvalue weighted by molar-refractivity contribution is 5.02. The van der Waals surface area contributed by atoms with E-state index in [0.29, 0.717) is 18.7 Å². The number of aliphatic hydroxyl groups excluding tert-OH is 1. The number of likely N-dealkylation sites (tertiary alicyclic amines) is 1. The van der Waals surface area contributed by atoms with Crippen LogP contribution in [0.4, 0.5) is 0 Å². The van der Waals surface area contributed by atoms with E-state index in [2.05, 4.69) is 11.0 Å². The monoisotopic (exact) mass is 248 g/mol. The van der Waals surface area contributed by atoms with Gasteiger partial charge < -0.3 is 9.52 Å². The average Bonchev–Trinajstić information content (AvgIpc) is 2.82. The number of rotatable bonds is 4. The zero-order valence-electron chi connectivity index (χ0n) is 10.6. The highest BCUT2D eigenvalue weighted by atomic mass is 16.4. The Bertz CT molecular complexity index is 383. The van der Waals surface area contributed by atoms with Gasteiger partial charge in [-0.1, -0.05) is 12.8 Å². The Balaban J connectivity index is 1.97. The van der Waals surface area contributed by atoms with Gasteiger partial charge in [-0.15, -0.1) is 0 Å². The van der Waals surface area contributed by atoms with E-state index in [1.54, 1.807) is 18.4 Å². The smallest absolute Gasteiger partial charge is 0.132 e. The van der Waals surface area contributed by atoms with E-state index in [0.717, 1.165) is 19.4 Å². The third kappa shape index (κ3) is 3.34. The van der Waals surface area contributed by atoms with E-state index in [-0.39, 0.29) is 6.04 Å². The number of nitriles is 1. The molecule has 0 aromatic carbocycles. The second kappa shape index (κ2) is 6.58. The fourth-order valence-electron chi connectivity index (χ4n) is 2.66. The molecular formula is C14H20N2O2. The van der Waals surface area contributed by atoms with E-state index in [9.17, 15) is 5.11 Å². The molecule has 0 bridgehead atoms. The minimum absolute atomic E-state index is 0.284. The van der Waals surface area contributed by atoms with Crippen LogP contribution in [0.15, 0.2) is 22.8 Å². The summed E-state index contributed by atoms with van der Waals surface area (Å²) in [6.45, 7) is 1.42. The van der Waals surface area contributed by atoms with Gasteiger partial charge in [0.2, 0.25) is 0 Å². The van der Waals surface area contributed by atoms with Crippen LogP contribution in [-0.2, 0) is 0 Å². The molecule has 1 aliphatic rings. The second-order valence-corrected chi connectivity index (χ2v) is 4.90. The molecule has 98 valence electrons. The topological polar surface area (TPSA) is 60.4 Å². The van der Waals surface area contributed by atoms with Crippen LogP contribution in [0.3, 0.4) is 0 Å². The fourth-order valence-corrected chi connectivity index (χ4v) is 2.66. The first kappa shape index (κ1) is 13.1. The van der Waals surface area contributed by atoms with Crippen molar-refractivity contribution in [1.29, 1.82) is 5.26 Å². The van der Waals surface area contributed by atoms with Crippen molar-refractivity contribution in [2.45, 2.75) is 44.2 Å². The van der Waals surface area contributed by atoms with Crippen LogP contribution in [0, 0.1) is 11.3 Å². The van der Waals surface area contributed by atoms with Crippen LogP contribution >= 0.6 is 0 Å². The Morgan fingerprint density at radius 2 is 2.39 bits per heavy atom. The van der Waals surface area contributed by atoms with Crippen LogP contribution in [0.2, 0.25) is 0 Å². The SMILES string of the molecule is N#CCN1CCCCCC1CC(O)c1ccco1. The molecule has 0 aliphatic carbocycles. The number of nitrogens with zero attached hydrogens (tertiary/aromatic N) is 2. The Kier molecular flexibility index (Phi) is 4.80. The van der Waals surface area contributed by atoms with Crippen LogP contribution in [0.5, 0.6) is 0 Å². The van der Waals surface area contributed by atoms with Gasteiger partial charge in [-0.25, -0.2) is 0 Å². The number of furan rings is 1. The largest absolute Gasteiger partial charge is 0.467 e. The fraction of sp³-hybridized carbons (Fsp3) is 0.643. The van der Waals surface area contributed by atoms with E-state index in [1.165, 1.54) is 12.8 Å². The molecule has 0 saturated carbocycles. The van der Waals surface area contributed by atoms with Crippen LogP contribution in [-0.4, -0.2) is 29.1 Å². The first-order chi connectivity index (χ1) is 8.81. The van der Waals surface area contributed by atoms with E-state index >= 15 is 0 Å². The summed E-state index contributed by atoms with van der Waals surface area (Å²) in [4.78, 5) is 2.19. The lowest BCUT2D eigenvalue weighted by molar-refractivity contribution is 0.0917. The van der Waals surface area contributed by atoms with Gasteiger partial charge in [0, 0.05) is 6.04 Å². The van der Waals surface area contributed by atoms with Gasteiger partial charge in [0.25, 0.3) is 0 Å². The van der Waals surface area contributed by atoms with Gasteiger partial charge in [-0.05, 0) is 37.9 Å². The summed E-state index contributed by atoms with van der Waals surface area (Å²) in [6, 6.07) is 6.10. The minimum atomic E-state index is -0.565. The minimum Gasteiger partial charge on any atom is -0.467 e. The molecule has 4 heteroatoms. The van der Waals surface area contributed by atoms with E-state index < -0.39 is 6.10 Å². The van der Waals surface area contributed by atoms with Crippen LogP contribution in [0.25, 0.3) is 0 Å². The molecule has 2 rings (SSSR count). The summed E-state index contributed by atoms with van der Waals surface area (Å²) in [6.07, 6.45) is 6.26. The Morgan fingerprint density at radius 3 is 3.11 bits per heavy atom. The molecule has 1 saturated heterocycles. The number of hydrogen-bond donors (Lipinski definition) is 1. The lowest BCUT2D eigenvalue weighted by atomic mass is 10.0. The van der Waals surface area contributed by atoms with Crippen LogP contribution in [0.1, 0.15) is 44.0 Å². The molecule has 1 aliphatic heterocycles. The third-order valence-corrected chi connectivity index (χ3v) is 3.64. The number of hydrogen-bond acceptors (Lipinski definition) is 4. The highest BCUT2D eigenvalue weighted by Crippen LogP contribution is 2.26. The van der Waals surface area contributed by atoms with E-state index in [1.807, 2.05) is 0 Å². The zero-order valence-corrected chi connectivity index (χ0v) is 10.6. The summed E-state index contributed by atoms with van der Waals surface area (Å²) in [5, 5.41) is 19.0. The summed E-state index contributed by atoms with van der Waals surface area (Å²) < 4.78 is 5.23. The highest BCUT2D eigenvalue weighted by Gasteiger charge is 2.24. The second-order valence-electron chi connectivity index (χ2n) is 4.90. The molecule has 4 nitrogen and oxygen atoms in total. The quantitative estimate of drug-likeness (QED) is 0.831. The maximum atomic E-state index is 10.1. The molecule has 2 heterocycles. The van der Waals surface area contributed by atoms with Crippen molar-refractivity contribution in [3.63, 3.8) is 0 Å². The Morgan fingerprint density at radius 1 is 1.50 bits per heavy atom. The molecule has 1 N–H and O–H groups in total. The first-order valence-corrected chi connectivity index (χ1v) is 6.63. The van der Waals surface area contributed by atoms with Crippen molar-refractivity contribution in [2.75, 3.05) is 13.1 Å². The van der Waals surface area contributed by atoms with Crippen molar-refractivity contribution >= 4 is 0 Å². The van der Waals surface area contributed by atoms with Crippen molar-refractivity contribution in [3.05, 3.63) is 24.2 Å². The summed E-state index contributed by atoms with van der Waals surface area (Å²) in [5.74, 6) is 0.621. The zero-order chi connectivity index (χ0) is 12.8. The number of aliphatic hydroxyl groups is 1. The normalized spacial score (nSPS) is 23.2. The standard InChI is InChI=1S/C14H20N2O2/c15-7-9-16-8-3-1-2-5-12(16)11-13(17)14-6-4-10-18-14/h4,6,10,12-13,17H,1-3,5,8-9,11H2. The molecule has 1 fully saturated rings. The molecular weight excluding hydrogens is 228 g/mol. The van der Waals surface area contributed by atoms with Crippen molar-refractivity contribution in [2.24, 2.45) is 0 Å². The lowest BCUT2D eigenvalue weighted by Crippen LogP contribution is -2.36. The predicted molar refractivity (Wildman–Crippen MR) is 67.7 cm³/mol. The first-order valence-electron chi connectivity index (χ1n) is 6.63.